The van der Waals surface area contributed by atoms with Gasteiger partial charge in [0, 0.05) is 19.0 Å². The lowest BCUT2D eigenvalue weighted by Gasteiger charge is -2.24. The van der Waals surface area contributed by atoms with Crippen LogP contribution in [0.1, 0.15) is 25.3 Å². The van der Waals surface area contributed by atoms with Crippen molar-refractivity contribution in [2.45, 2.75) is 36.6 Å². The highest BCUT2D eigenvalue weighted by Crippen LogP contribution is 2.36. The first-order valence-corrected chi connectivity index (χ1v) is 8.18. The summed E-state index contributed by atoms with van der Waals surface area (Å²) in [6.45, 7) is 1.86. The number of rotatable bonds is 5. The van der Waals surface area contributed by atoms with Crippen molar-refractivity contribution in [2.24, 2.45) is 5.92 Å². The van der Waals surface area contributed by atoms with E-state index in [4.69, 9.17) is 11.6 Å². The summed E-state index contributed by atoms with van der Waals surface area (Å²) >= 11 is 5.67. The fourth-order valence-corrected chi connectivity index (χ4v) is 3.78. The van der Waals surface area contributed by atoms with Gasteiger partial charge in [0.15, 0.2) is 0 Å². The van der Waals surface area contributed by atoms with Crippen LogP contribution in [0, 0.1) is 11.7 Å². The van der Waals surface area contributed by atoms with E-state index >= 15 is 0 Å². The molecule has 6 heteroatoms. The molecule has 1 saturated carbocycles. The van der Waals surface area contributed by atoms with Gasteiger partial charge in [-0.25, -0.2) is 12.8 Å². The van der Waals surface area contributed by atoms with Gasteiger partial charge in [-0.2, -0.15) is 4.31 Å². The Labute approximate surface area is 118 Å². The largest absolute Gasteiger partial charge is 0.245 e. The van der Waals surface area contributed by atoms with E-state index in [1.807, 2.05) is 6.92 Å². The van der Waals surface area contributed by atoms with E-state index in [-0.39, 0.29) is 16.8 Å². The van der Waals surface area contributed by atoms with E-state index in [0.29, 0.717) is 11.5 Å². The molecule has 1 fully saturated rings. The minimum absolute atomic E-state index is 0.107. The van der Waals surface area contributed by atoms with Crippen LogP contribution in [0.3, 0.4) is 0 Å². The molecular formula is C13H17ClFNO2S. The van der Waals surface area contributed by atoms with Crippen molar-refractivity contribution in [3.63, 3.8) is 0 Å². The SMILES string of the molecule is CC(C1CC1)N(C)S(=O)(=O)c1cc(CCl)ccc1F. The van der Waals surface area contributed by atoms with Crippen molar-refractivity contribution in [1.82, 2.24) is 4.31 Å². The van der Waals surface area contributed by atoms with Gasteiger partial charge in [-0.3, -0.25) is 0 Å². The number of hydrogen-bond acceptors (Lipinski definition) is 2. The molecule has 0 aromatic heterocycles. The van der Waals surface area contributed by atoms with Crippen molar-refractivity contribution in [2.75, 3.05) is 7.05 Å². The van der Waals surface area contributed by atoms with Crippen molar-refractivity contribution in [3.8, 4) is 0 Å². The normalized spacial score (nSPS) is 17.7. The minimum Gasteiger partial charge on any atom is -0.207 e. The Morgan fingerprint density at radius 2 is 2.11 bits per heavy atom. The first kappa shape index (κ1) is 14.8. The summed E-state index contributed by atoms with van der Waals surface area (Å²) in [6.07, 6.45) is 2.07. The Kier molecular flexibility index (Phi) is 4.18. The Hall–Kier alpha value is -0.650. The zero-order valence-corrected chi connectivity index (χ0v) is 12.5. The molecule has 0 bridgehead atoms. The minimum atomic E-state index is -3.81. The number of sulfonamides is 1. The van der Waals surface area contributed by atoms with E-state index < -0.39 is 15.8 Å². The number of hydrogen-bond donors (Lipinski definition) is 0. The molecule has 0 saturated heterocycles. The third-order valence-electron chi connectivity index (χ3n) is 3.68. The quantitative estimate of drug-likeness (QED) is 0.784. The first-order chi connectivity index (χ1) is 8.87. The summed E-state index contributed by atoms with van der Waals surface area (Å²) in [6, 6.07) is 3.85. The van der Waals surface area contributed by atoms with Crippen LogP contribution >= 0.6 is 11.6 Å². The topological polar surface area (TPSA) is 37.4 Å². The van der Waals surface area contributed by atoms with Gasteiger partial charge in [-0.15, -0.1) is 11.6 Å². The van der Waals surface area contributed by atoms with Crippen LogP contribution in [0.15, 0.2) is 23.1 Å². The fraction of sp³-hybridized carbons (Fsp3) is 0.538. The smallest absolute Gasteiger partial charge is 0.207 e. The average Bonchev–Trinajstić information content (AvgIpc) is 3.21. The lowest BCUT2D eigenvalue weighted by Crippen LogP contribution is -2.36. The van der Waals surface area contributed by atoms with E-state index in [1.165, 1.54) is 23.5 Å². The molecule has 0 radical (unpaired) electrons. The lowest BCUT2D eigenvalue weighted by molar-refractivity contribution is 0.355. The molecule has 0 N–H and O–H groups in total. The number of nitrogens with zero attached hydrogens (tertiary/aromatic N) is 1. The number of benzene rings is 1. The molecule has 3 nitrogen and oxygen atoms in total. The monoisotopic (exact) mass is 305 g/mol. The van der Waals surface area contributed by atoms with Gasteiger partial charge in [-0.05, 0) is 43.4 Å². The van der Waals surface area contributed by atoms with Crippen LogP contribution in [0.5, 0.6) is 0 Å². The number of halogens is 2. The Morgan fingerprint density at radius 3 is 2.63 bits per heavy atom. The Balaban J connectivity index is 2.37. The third-order valence-corrected chi connectivity index (χ3v) is 5.95. The van der Waals surface area contributed by atoms with Gasteiger partial charge in [-0.1, -0.05) is 6.07 Å². The summed E-state index contributed by atoms with van der Waals surface area (Å²) < 4.78 is 39.9. The van der Waals surface area contributed by atoms with Crippen molar-refractivity contribution >= 4 is 21.6 Å². The first-order valence-electron chi connectivity index (χ1n) is 6.20. The van der Waals surface area contributed by atoms with Crippen LogP contribution < -0.4 is 0 Å². The second kappa shape index (κ2) is 5.38. The maximum atomic E-state index is 13.8. The van der Waals surface area contributed by atoms with Gasteiger partial charge in [0.2, 0.25) is 10.0 Å². The van der Waals surface area contributed by atoms with Crippen molar-refractivity contribution in [1.29, 1.82) is 0 Å². The summed E-state index contributed by atoms with van der Waals surface area (Å²) in [4.78, 5) is -0.291. The maximum absolute atomic E-state index is 13.8. The standard InChI is InChI=1S/C13H17ClFNO2S/c1-9(11-4-5-11)16(2)19(17,18)13-7-10(8-14)3-6-12(13)15/h3,6-7,9,11H,4-5,8H2,1-2H3. The van der Waals surface area contributed by atoms with Gasteiger partial charge >= 0.3 is 0 Å². The van der Waals surface area contributed by atoms with Crippen LogP contribution in [0.25, 0.3) is 0 Å². The zero-order valence-electron chi connectivity index (χ0n) is 10.9. The molecule has 1 aromatic rings. The predicted molar refractivity (Wildman–Crippen MR) is 73.1 cm³/mol. The van der Waals surface area contributed by atoms with E-state index in [1.54, 1.807) is 0 Å². The van der Waals surface area contributed by atoms with Crippen LogP contribution in [0.2, 0.25) is 0 Å². The molecule has 19 heavy (non-hydrogen) atoms. The van der Waals surface area contributed by atoms with Gasteiger partial charge in [0.25, 0.3) is 0 Å². The zero-order chi connectivity index (χ0) is 14.2. The molecule has 1 aliphatic rings. The molecule has 106 valence electrons. The molecule has 0 amide bonds. The summed E-state index contributed by atoms with van der Waals surface area (Å²) in [5.74, 6) is -0.187. The summed E-state index contributed by atoms with van der Waals surface area (Å²) in [5.41, 5.74) is 0.592. The molecule has 0 spiro atoms. The van der Waals surface area contributed by atoms with E-state index in [9.17, 15) is 12.8 Å². The lowest BCUT2D eigenvalue weighted by atomic mass is 10.2. The second-order valence-electron chi connectivity index (χ2n) is 5.00. The maximum Gasteiger partial charge on any atom is 0.245 e. The van der Waals surface area contributed by atoms with Crippen LogP contribution in [-0.4, -0.2) is 25.8 Å². The van der Waals surface area contributed by atoms with Gasteiger partial charge in [0.1, 0.15) is 10.7 Å². The summed E-state index contributed by atoms with van der Waals surface area (Å²) in [7, 11) is -2.30. The second-order valence-corrected chi connectivity index (χ2v) is 7.23. The van der Waals surface area contributed by atoms with Crippen LogP contribution in [0.4, 0.5) is 4.39 Å². The molecule has 0 heterocycles. The summed E-state index contributed by atoms with van der Waals surface area (Å²) in [5, 5.41) is 0. The number of alkyl halides is 1. The van der Waals surface area contributed by atoms with Crippen molar-refractivity contribution < 1.29 is 12.8 Å². The Morgan fingerprint density at radius 1 is 1.47 bits per heavy atom. The molecule has 1 atom stereocenters. The predicted octanol–water partition coefficient (Wildman–Crippen LogP) is 2.98. The molecule has 0 aliphatic heterocycles. The molecular weight excluding hydrogens is 289 g/mol. The van der Waals surface area contributed by atoms with Crippen LogP contribution in [-0.2, 0) is 15.9 Å². The highest BCUT2D eigenvalue weighted by Gasteiger charge is 2.37. The highest BCUT2D eigenvalue weighted by molar-refractivity contribution is 7.89. The Bertz CT molecular complexity index is 572. The van der Waals surface area contributed by atoms with E-state index in [2.05, 4.69) is 0 Å². The molecule has 1 aliphatic carbocycles. The highest BCUT2D eigenvalue weighted by atomic mass is 35.5. The molecule has 2 rings (SSSR count). The molecule has 1 aromatic carbocycles. The molecule has 1 unspecified atom stereocenters. The van der Waals surface area contributed by atoms with Gasteiger partial charge < -0.3 is 0 Å². The van der Waals surface area contributed by atoms with Gasteiger partial charge in [0.05, 0.1) is 0 Å². The van der Waals surface area contributed by atoms with Crippen molar-refractivity contribution in [3.05, 3.63) is 29.6 Å². The average molecular weight is 306 g/mol. The third kappa shape index (κ3) is 2.93. The fourth-order valence-electron chi connectivity index (χ4n) is 2.08. The van der Waals surface area contributed by atoms with E-state index in [0.717, 1.165) is 18.9 Å².